The van der Waals surface area contributed by atoms with Crippen molar-refractivity contribution >= 4 is 17.4 Å². The summed E-state index contributed by atoms with van der Waals surface area (Å²) in [6.07, 6.45) is 2.02. The Balaban J connectivity index is 1.92. The smallest absolute Gasteiger partial charge is 0.229 e. The van der Waals surface area contributed by atoms with E-state index < -0.39 is 0 Å². The number of aliphatic hydroxyl groups excluding tert-OH is 1. The topological polar surface area (TPSA) is 98.5 Å². The molecule has 122 valence electrons. The third kappa shape index (κ3) is 2.93. The summed E-state index contributed by atoms with van der Waals surface area (Å²) in [6, 6.07) is 8.03. The van der Waals surface area contributed by atoms with Gasteiger partial charge >= 0.3 is 0 Å². The molecule has 1 aromatic heterocycles. The first-order chi connectivity index (χ1) is 11.1. The second-order valence-corrected chi connectivity index (χ2v) is 5.71. The third-order valence-corrected chi connectivity index (χ3v) is 4.08. The van der Waals surface area contributed by atoms with E-state index in [0.29, 0.717) is 18.9 Å². The lowest BCUT2D eigenvalue weighted by molar-refractivity contribution is -0.119. The number of hydrogen-bond donors (Lipinski definition) is 3. The van der Waals surface area contributed by atoms with Gasteiger partial charge in [-0.3, -0.25) is 14.8 Å². The number of H-pyrrole nitrogens is 1. The van der Waals surface area contributed by atoms with Crippen molar-refractivity contribution in [1.29, 1.82) is 0 Å². The molecule has 4 N–H and O–H groups in total. The lowest BCUT2D eigenvalue weighted by atomic mass is 10.1. The summed E-state index contributed by atoms with van der Waals surface area (Å²) in [7, 11) is 0. The van der Waals surface area contributed by atoms with Crippen LogP contribution in [-0.2, 0) is 4.79 Å². The number of nitrogens with one attached hydrogen (secondary N) is 1. The number of aromatic nitrogens is 2. The van der Waals surface area contributed by atoms with Crippen molar-refractivity contribution in [3.8, 4) is 0 Å². The van der Waals surface area contributed by atoms with Crippen LogP contribution in [0.3, 0.4) is 0 Å². The summed E-state index contributed by atoms with van der Waals surface area (Å²) < 4.78 is 0. The van der Waals surface area contributed by atoms with Crippen LogP contribution in [0.4, 0.5) is 11.5 Å². The molecule has 2 heterocycles. The first kappa shape index (κ1) is 15.5. The number of nitrogens with two attached hydrogens (primary N) is 1. The predicted molar refractivity (Wildman–Crippen MR) is 87.8 cm³/mol. The minimum atomic E-state index is -0.367. The molecule has 0 saturated carbocycles. The van der Waals surface area contributed by atoms with Gasteiger partial charge in [-0.2, -0.15) is 5.10 Å². The predicted octanol–water partition coefficient (Wildman–Crippen LogP) is 1.26. The molecule has 2 aromatic rings. The van der Waals surface area contributed by atoms with Gasteiger partial charge in [0.25, 0.3) is 0 Å². The molecule has 0 saturated heterocycles. The molecule has 1 aromatic carbocycles. The molecule has 0 spiro atoms. The van der Waals surface area contributed by atoms with Gasteiger partial charge in [-0.15, -0.1) is 0 Å². The average molecular weight is 315 g/mol. The highest BCUT2D eigenvalue weighted by Gasteiger charge is 2.33. The largest absolute Gasteiger partial charge is 0.396 e. The average Bonchev–Trinajstić information content (AvgIpc) is 3.04. The Kier molecular flexibility index (Phi) is 4.31. The van der Waals surface area contributed by atoms with E-state index in [1.54, 1.807) is 11.1 Å². The Labute approximate surface area is 134 Å². The number of benzene rings is 1. The van der Waals surface area contributed by atoms with Crippen LogP contribution in [0, 0.1) is 6.92 Å². The second kappa shape index (κ2) is 6.39. The van der Waals surface area contributed by atoms with E-state index in [-0.39, 0.29) is 25.1 Å². The fourth-order valence-electron chi connectivity index (χ4n) is 2.75. The number of carbonyl (C=O) groups is 1. The number of aliphatic hydroxyl groups is 1. The molecule has 3 rings (SSSR count). The maximum atomic E-state index is 12.5. The highest BCUT2D eigenvalue weighted by Crippen LogP contribution is 2.34. The van der Waals surface area contributed by atoms with Gasteiger partial charge in [0.1, 0.15) is 18.7 Å². The zero-order valence-corrected chi connectivity index (χ0v) is 13.1. The van der Waals surface area contributed by atoms with Crippen molar-refractivity contribution in [1.82, 2.24) is 10.2 Å². The van der Waals surface area contributed by atoms with Crippen LogP contribution in [0.15, 0.2) is 30.5 Å². The molecular weight excluding hydrogens is 294 g/mol. The van der Waals surface area contributed by atoms with Gasteiger partial charge < -0.3 is 15.7 Å². The van der Waals surface area contributed by atoms with Crippen LogP contribution in [0.5, 0.6) is 0 Å². The van der Waals surface area contributed by atoms with E-state index in [2.05, 4.69) is 10.2 Å². The van der Waals surface area contributed by atoms with Crippen LogP contribution in [0.1, 0.15) is 30.1 Å². The van der Waals surface area contributed by atoms with Crippen LogP contribution in [0.2, 0.25) is 0 Å². The van der Waals surface area contributed by atoms with Crippen molar-refractivity contribution < 1.29 is 9.90 Å². The van der Waals surface area contributed by atoms with E-state index in [9.17, 15) is 4.79 Å². The van der Waals surface area contributed by atoms with Gasteiger partial charge in [0.15, 0.2) is 0 Å². The molecule has 1 atom stereocenters. The second-order valence-electron chi connectivity index (χ2n) is 5.71. The van der Waals surface area contributed by atoms with Gasteiger partial charge in [-0.1, -0.05) is 17.7 Å². The molecule has 1 aliphatic heterocycles. The van der Waals surface area contributed by atoms with Gasteiger partial charge in [0.2, 0.25) is 5.91 Å². The molecule has 1 aliphatic rings. The molecular formula is C16H21N5O2. The van der Waals surface area contributed by atoms with Gasteiger partial charge in [-0.25, -0.2) is 0 Å². The number of rotatable bonds is 4. The summed E-state index contributed by atoms with van der Waals surface area (Å²) in [4.78, 5) is 16.1. The maximum Gasteiger partial charge on any atom is 0.229 e. The number of anilines is 2. The summed E-state index contributed by atoms with van der Waals surface area (Å²) in [6.45, 7) is 2.37. The number of carbonyl (C=O) groups excluding carboxylic acids is 1. The van der Waals surface area contributed by atoms with E-state index in [1.807, 2.05) is 36.1 Å². The number of fused-ring (bicyclic) bond motifs is 1. The van der Waals surface area contributed by atoms with Gasteiger partial charge in [0.05, 0.1) is 11.8 Å². The minimum absolute atomic E-state index is 0.00337. The van der Waals surface area contributed by atoms with E-state index in [4.69, 9.17) is 10.8 Å². The first-order valence-corrected chi connectivity index (χ1v) is 7.65. The summed E-state index contributed by atoms with van der Waals surface area (Å²) >= 11 is 0. The fourth-order valence-corrected chi connectivity index (χ4v) is 2.75. The lowest BCUT2D eigenvalue weighted by Crippen LogP contribution is -2.50. The van der Waals surface area contributed by atoms with Crippen LogP contribution in [-0.4, -0.2) is 34.5 Å². The van der Waals surface area contributed by atoms with Crippen molar-refractivity contribution in [3.63, 3.8) is 0 Å². The van der Waals surface area contributed by atoms with E-state index in [0.717, 1.165) is 11.3 Å². The molecule has 1 unspecified atom stereocenters. The van der Waals surface area contributed by atoms with Crippen molar-refractivity contribution in [3.05, 3.63) is 41.6 Å². The van der Waals surface area contributed by atoms with E-state index in [1.165, 1.54) is 5.56 Å². The molecule has 0 aliphatic carbocycles. The maximum absolute atomic E-state index is 12.5. The fraction of sp³-hybridized carbons (Fsp3) is 0.375. The Hall–Kier alpha value is -2.38. The highest BCUT2D eigenvalue weighted by atomic mass is 16.3. The van der Waals surface area contributed by atoms with Crippen LogP contribution in [0.25, 0.3) is 0 Å². The standard InChI is InChI=1S/C16H21N5O2/c1-11-4-6-12(7-5-11)20-10-21(14(23)3-2-8-22)16-13(15(20)17)9-18-19-16/h4-7,9,15,22H,2-3,8,10,17H2,1H3,(H,18,19). The third-order valence-electron chi connectivity index (χ3n) is 4.08. The summed E-state index contributed by atoms with van der Waals surface area (Å²) in [5, 5.41) is 15.8. The Morgan fingerprint density at radius 3 is 2.87 bits per heavy atom. The quantitative estimate of drug-likeness (QED) is 0.789. The zero-order chi connectivity index (χ0) is 16.4. The number of nitrogens with zero attached hydrogens (tertiary/aromatic N) is 3. The number of hydrogen-bond acceptors (Lipinski definition) is 5. The number of aryl methyl sites for hydroxylation is 1. The lowest BCUT2D eigenvalue weighted by Gasteiger charge is -2.40. The van der Waals surface area contributed by atoms with Gasteiger partial charge in [-0.05, 0) is 25.5 Å². The molecule has 1 amide bonds. The highest BCUT2D eigenvalue weighted by molar-refractivity contribution is 5.94. The minimum Gasteiger partial charge on any atom is -0.396 e. The summed E-state index contributed by atoms with van der Waals surface area (Å²) in [5.74, 6) is 0.581. The first-order valence-electron chi connectivity index (χ1n) is 7.65. The monoisotopic (exact) mass is 315 g/mol. The Morgan fingerprint density at radius 2 is 2.17 bits per heavy atom. The van der Waals surface area contributed by atoms with Gasteiger partial charge in [0, 0.05) is 18.7 Å². The molecule has 0 bridgehead atoms. The molecule has 7 heteroatoms. The molecule has 23 heavy (non-hydrogen) atoms. The van der Waals surface area contributed by atoms with Crippen LogP contribution >= 0.6 is 0 Å². The zero-order valence-electron chi connectivity index (χ0n) is 13.1. The Bertz CT molecular complexity index is 682. The number of aromatic amines is 1. The van der Waals surface area contributed by atoms with Crippen molar-refractivity contribution in [2.24, 2.45) is 5.73 Å². The normalized spacial score (nSPS) is 17.3. The van der Waals surface area contributed by atoms with Crippen LogP contribution < -0.4 is 15.5 Å². The van der Waals surface area contributed by atoms with Crippen molar-refractivity contribution in [2.45, 2.75) is 25.9 Å². The molecule has 0 radical (unpaired) electrons. The number of amides is 1. The molecule has 7 nitrogen and oxygen atoms in total. The Morgan fingerprint density at radius 1 is 1.43 bits per heavy atom. The van der Waals surface area contributed by atoms with E-state index >= 15 is 0 Å². The summed E-state index contributed by atoms with van der Waals surface area (Å²) in [5.41, 5.74) is 9.26. The SMILES string of the molecule is Cc1ccc(N2CN(C(=O)CCCO)c3[nH]ncc3C2N)cc1. The molecule has 0 fully saturated rings. The van der Waals surface area contributed by atoms with Crippen molar-refractivity contribution in [2.75, 3.05) is 23.1 Å².